The summed E-state index contributed by atoms with van der Waals surface area (Å²) in [6.45, 7) is 9.84. The number of H-pyrrole nitrogens is 1. The van der Waals surface area contributed by atoms with Gasteiger partial charge in [-0.3, -0.25) is 14.4 Å². The Morgan fingerprint density at radius 1 is 1.19 bits per heavy atom. The maximum Gasteiger partial charge on any atom is 0.264 e. The minimum atomic E-state index is -3.76. The van der Waals surface area contributed by atoms with Crippen LogP contribution in [0.15, 0.2) is 35.4 Å². The van der Waals surface area contributed by atoms with Crippen LogP contribution >= 0.6 is 0 Å². The van der Waals surface area contributed by atoms with E-state index in [9.17, 15) is 8.42 Å². The van der Waals surface area contributed by atoms with Gasteiger partial charge in [-0.15, -0.1) is 0 Å². The van der Waals surface area contributed by atoms with Crippen LogP contribution in [-0.4, -0.2) is 43.4 Å². The Balaban J connectivity index is 1.68. The lowest BCUT2D eigenvalue weighted by molar-refractivity contribution is 0.0663. The van der Waals surface area contributed by atoms with Crippen molar-refractivity contribution >= 4 is 26.6 Å². The molecule has 1 N–H and O–H groups in total. The highest BCUT2D eigenvalue weighted by Gasteiger charge is 2.28. The molecule has 0 atom stereocenters. The maximum absolute atomic E-state index is 13.7. The largest absolute Gasteiger partial charge is 0.381 e. The van der Waals surface area contributed by atoms with Gasteiger partial charge in [-0.2, -0.15) is 5.10 Å². The number of ether oxygens (including phenoxy) is 1. The Morgan fingerprint density at radius 2 is 1.94 bits per heavy atom. The smallest absolute Gasteiger partial charge is 0.264 e. The van der Waals surface area contributed by atoms with E-state index < -0.39 is 10.0 Å². The van der Waals surface area contributed by atoms with Crippen molar-refractivity contribution < 1.29 is 13.2 Å². The van der Waals surface area contributed by atoms with Crippen molar-refractivity contribution in [2.45, 2.75) is 51.9 Å². The van der Waals surface area contributed by atoms with Gasteiger partial charge in [0.15, 0.2) is 0 Å². The summed E-state index contributed by atoms with van der Waals surface area (Å²) in [4.78, 5) is 4.61. The first kappa shape index (κ1) is 22.7. The molecule has 1 aliphatic rings. The molecule has 0 aliphatic carbocycles. The monoisotopic (exact) mass is 456 g/mol. The minimum Gasteiger partial charge on any atom is -0.381 e. The van der Waals surface area contributed by atoms with E-state index in [0.29, 0.717) is 18.2 Å². The van der Waals surface area contributed by atoms with Crippen LogP contribution in [-0.2, 0) is 21.2 Å². The standard InChI is InChI=1S/C24H32N4O3S/c1-16(2)15-28(24-14-25-18(4)11-17(24)3)32(29,30)20-5-6-21-22(26-27-23(21)13-20)12-19-7-9-31-10-8-19/h5-6,11,13-14,16,19H,7-10,12,15H2,1-4H3,(H,26,27). The zero-order valence-electron chi connectivity index (χ0n) is 19.3. The zero-order chi connectivity index (χ0) is 22.9. The van der Waals surface area contributed by atoms with Crippen molar-refractivity contribution in [1.29, 1.82) is 0 Å². The highest BCUT2D eigenvalue weighted by atomic mass is 32.2. The van der Waals surface area contributed by atoms with Crippen molar-refractivity contribution in [3.63, 3.8) is 0 Å². The fourth-order valence-electron chi connectivity index (χ4n) is 4.33. The van der Waals surface area contributed by atoms with Gasteiger partial charge >= 0.3 is 0 Å². The second-order valence-corrected chi connectivity index (χ2v) is 11.0. The SMILES string of the molecule is Cc1cc(C)c(N(CC(C)C)S(=O)(=O)c2ccc3c(CC4CCOCC4)n[nH]c3c2)cn1. The Morgan fingerprint density at radius 3 is 2.62 bits per heavy atom. The molecule has 172 valence electrons. The van der Waals surface area contributed by atoms with E-state index >= 15 is 0 Å². The molecule has 4 rings (SSSR count). The number of aryl methyl sites for hydroxylation is 2. The summed E-state index contributed by atoms with van der Waals surface area (Å²) in [5, 5.41) is 8.54. The average Bonchev–Trinajstić information content (AvgIpc) is 3.15. The summed E-state index contributed by atoms with van der Waals surface area (Å²) in [5.41, 5.74) is 4.12. The number of benzene rings is 1. The minimum absolute atomic E-state index is 0.160. The highest BCUT2D eigenvalue weighted by molar-refractivity contribution is 7.92. The molecule has 0 unspecified atom stereocenters. The number of sulfonamides is 1. The molecule has 0 amide bonds. The molecule has 0 bridgehead atoms. The first-order chi connectivity index (χ1) is 15.3. The third kappa shape index (κ3) is 4.66. The van der Waals surface area contributed by atoms with Crippen molar-refractivity contribution in [1.82, 2.24) is 15.2 Å². The summed E-state index contributed by atoms with van der Waals surface area (Å²) in [6, 6.07) is 7.20. The summed E-state index contributed by atoms with van der Waals surface area (Å²) in [6.07, 6.45) is 4.61. The van der Waals surface area contributed by atoms with E-state index in [-0.39, 0.29) is 10.8 Å². The molecule has 8 heteroatoms. The molecule has 0 spiro atoms. The first-order valence-electron chi connectivity index (χ1n) is 11.3. The van der Waals surface area contributed by atoms with Crippen LogP contribution in [0.1, 0.15) is 43.6 Å². The number of hydrogen-bond acceptors (Lipinski definition) is 5. The summed E-state index contributed by atoms with van der Waals surface area (Å²) < 4.78 is 34.4. The van der Waals surface area contributed by atoms with Gasteiger partial charge in [0.1, 0.15) is 0 Å². The first-order valence-corrected chi connectivity index (χ1v) is 12.7. The molecule has 1 fully saturated rings. The van der Waals surface area contributed by atoms with Crippen LogP contribution < -0.4 is 4.31 Å². The number of nitrogens with zero attached hydrogens (tertiary/aromatic N) is 3. The van der Waals surface area contributed by atoms with Crippen molar-refractivity contribution in [3.8, 4) is 0 Å². The van der Waals surface area contributed by atoms with Crippen LogP contribution in [0.2, 0.25) is 0 Å². The van der Waals surface area contributed by atoms with Crippen molar-refractivity contribution in [3.05, 3.63) is 47.4 Å². The quantitative estimate of drug-likeness (QED) is 0.569. The summed E-state index contributed by atoms with van der Waals surface area (Å²) in [5.74, 6) is 0.713. The molecular formula is C24H32N4O3S. The van der Waals surface area contributed by atoms with Crippen molar-refractivity contribution in [2.75, 3.05) is 24.1 Å². The topological polar surface area (TPSA) is 88.2 Å². The lowest BCUT2D eigenvalue weighted by Crippen LogP contribution is -2.35. The number of aromatic nitrogens is 3. The lowest BCUT2D eigenvalue weighted by atomic mass is 9.94. The van der Waals surface area contributed by atoms with Gasteiger partial charge < -0.3 is 4.74 Å². The molecule has 1 aromatic carbocycles. The Hall–Kier alpha value is -2.45. The summed E-state index contributed by atoms with van der Waals surface area (Å²) >= 11 is 0. The number of fused-ring (bicyclic) bond motifs is 1. The number of nitrogens with one attached hydrogen (secondary N) is 1. The van der Waals surface area contributed by atoms with Crippen LogP contribution in [0.4, 0.5) is 5.69 Å². The fraction of sp³-hybridized carbons (Fsp3) is 0.500. The second-order valence-electron chi connectivity index (χ2n) is 9.18. The molecule has 0 saturated carbocycles. The maximum atomic E-state index is 13.7. The van der Waals surface area contributed by atoms with Crippen LogP contribution in [0.3, 0.4) is 0 Å². The molecule has 32 heavy (non-hydrogen) atoms. The second kappa shape index (κ2) is 9.19. The Kier molecular flexibility index (Phi) is 6.53. The van der Waals surface area contributed by atoms with Crippen LogP contribution in [0.5, 0.6) is 0 Å². The highest BCUT2D eigenvalue weighted by Crippen LogP contribution is 2.30. The van der Waals surface area contributed by atoms with Crippen LogP contribution in [0, 0.1) is 25.7 Å². The average molecular weight is 457 g/mol. The Bertz CT molecular complexity index is 1200. The zero-order valence-corrected chi connectivity index (χ0v) is 20.1. The van der Waals surface area contributed by atoms with Gasteiger partial charge in [0.2, 0.25) is 0 Å². The Labute approximate surface area is 190 Å². The third-order valence-corrected chi connectivity index (χ3v) is 7.82. The van der Waals surface area contributed by atoms with Gasteiger partial charge in [-0.1, -0.05) is 13.8 Å². The molecule has 1 aliphatic heterocycles. The van der Waals surface area contributed by atoms with Gasteiger partial charge in [0.25, 0.3) is 10.0 Å². The molecule has 3 aromatic rings. The predicted molar refractivity (Wildman–Crippen MR) is 126 cm³/mol. The van der Waals surface area contributed by atoms with Gasteiger partial charge in [0, 0.05) is 30.8 Å². The number of anilines is 1. The lowest BCUT2D eigenvalue weighted by Gasteiger charge is -2.27. The molecule has 2 aromatic heterocycles. The van der Waals surface area contributed by atoms with E-state index in [4.69, 9.17) is 4.74 Å². The third-order valence-electron chi connectivity index (χ3n) is 6.04. The molecule has 0 radical (unpaired) electrons. The van der Waals surface area contributed by atoms with Crippen molar-refractivity contribution in [2.24, 2.45) is 11.8 Å². The predicted octanol–water partition coefficient (Wildman–Crippen LogP) is 4.40. The van der Waals surface area contributed by atoms with E-state index in [1.165, 1.54) is 4.31 Å². The van der Waals surface area contributed by atoms with E-state index in [1.807, 2.05) is 39.8 Å². The van der Waals surface area contributed by atoms with Crippen LogP contribution in [0.25, 0.3) is 10.9 Å². The van der Waals surface area contributed by atoms with Gasteiger partial charge in [-0.25, -0.2) is 8.42 Å². The molecule has 3 heterocycles. The molecule has 7 nitrogen and oxygen atoms in total. The van der Waals surface area contributed by atoms with E-state index in [0.717, 1.165) is 60.3 Å². The van der Waals surface area contributed by atoms with Gasteiger partial charge in [-0.05, 0) is 74.8 Å². The number of pyridine rings is 1. The number of aromatic amines is 1. The van der Waals surface area contributed by atoms with E-state index in [2.05, 4.69) is 15.2 Å². The van der Waals surface area contributed by atoms with E-state index in [1.54, 1.807) is 18.3 Å². The fourth-order valence-corrected chi connectivity index (χ4v) is 6.04. The van der Waals surface area contributed by atoms with Gasteiger partial charge in [0.05, 0.1) is 28.0 Å². The normalized spacial score (nSPS) is 15.5. The number of hydrogen-bond donors (Lipinski definition) is 1. The number of rotatable bonds is 7. The molecular weight excluding hydrogens is 424 g/mol. The molecule has 1 saturated heterocycles. The summed E-state index contributed by atoms with van der Waals surface area (Å²) in [7, 11) is -3.76.